The third-order valence-electron chi connectivity index (χ3n) is 11.5. The largest absolute Gasteiger partial charge is 0.317 e. The Labute approximate surface area is 357 Å². The van der Waals surface area contributed by atoms with E-state index in [4.69, 9.17) is 0 Å². The Bertz CT molecular complexity index is 2560. The highest BCUT2D eigenvalue weighted by Gasteiger charge is 2.39. The summed E-state index contributed by atoms with van der Waals surface area (Å²) in [6.07, 6.45) is 16.1. The van der Waals surface area contributed by atoms with E-state index < -0.39 is 0 Å². The minimum Gasteiger partial charge on any atom is -0.317 e. The smallest absolute Gasteiger partial charge is 0.0461 e. The highest BCUT2D eigenvalue weighted by atomic mass is 15.1. The van der Waals surface area contributed by atoms with Gasteiger partial charge >= 0.3 is 0 Å². The summed E-state index contributed by atoms with van der Waals surface area (Å²) in [7, 11) is 0. The lowest BCUT2D eigenvalue weighted by Gasteiger charge is -2.26. The molecule has 0 saturated heterocycles. The Hall–Kier alpha value is -6.90. The second-order valence-electron chi connectivity index (χ2n) is 16.2. The zero-order valence-corrected chi connectivity index (χ0v) is 35.5. The van der Waals surface area contributed by atoms with Gasteiger partial charge in [-0.1, -0.05) is 162 Å². The molecule has 0 amide bonds. The molecule has 0 radical (unpaired) electrons. The third-order valence-corrected chi connectivity index (χ3v) is 11.5. The van der Waals surface area contributed by atoms with Gasteiger partial charge in [-0.3, -0.25) is 0 Å². The van der Waals surface area contributed by atoms with Crippen LogP contribution in [-0.4, -0.2) is 0 Å². The van der Waals surface area contributed by atoms with Gasteiger partial charge in [0.2, 0.25) is 0 Å². The van der Waals surface area contributed by atoms with Crippen LogP contribution in [0.25, 0.3) is 23.3 Å². The Morgan fingerprint density at radius 2 is 0.833 bits per heavy atom. The van der Waals surface area contributed by atoms with Crippen molar-refractivity contribution in [3.63, 3.8) is 0 Å². The number of rotatable bonds is 13. The van der Waals surface area contributed by atoms with Crippen LogP contribution in [0, 0.1) is 20.8 Å². The van der Waals surface area contributed by atoms with E-state index in [9.17, 15) is 0 Å². The second-order valence-corrected chi connectivity index (χ2v) is 16.2. The number of allylic oxidation sites excluding steroid dienone is 5. The maximum absolute atomic E-state index is 2.35. The minimum atomic E-state index is 0.559. The number of nitrogens with zero attached hydrogens (tertiary/aromatic N) is 2. The lowest BCUT2D eigenvalue weighted by molar-refractivity contribution is 1.03. The summed E-state index contributed by atoms with van der Waals surface area (Å²) < 4.78 is 0. The van der Waals surface area contributed by atoms with Crippen LogP contribution in [0.5, 0.6) is 0 Å². The van der Waals surface area contributed by atoms with E-state index in [1.165, 1.54) is 73.6 Å². The Morgan fingerprint density at radius 1 is 0.467 bits per heavy atom. The van der Waals surface area contributed by atoms with Gasteiger partial charge in [0.25, 0.3) is 0 Å². The predicted octanol–water partition coefficient (Wildman–Crippen LogP) is 16.4. The summed E-state index contributed by atoms with van der Waals surface area (Å²) in [4.78, 5) is 4.58. The summed E-state index contributed by atoms with van der Waals surface area (Å²) in [6.45, 7) is 10.6. The first kappa shape index (κ1) is 39.9. The molecule has 1 aliphatic rings. The summed E-state index contributed by atoms with van der Waals surface area (Å²) in [5, 5.41) is 0. The molecule has 2 nitrogen and oxygen atoms in total. The average molecular weight is 779 g/mol. The molecule has 7 aromatic carbocycles. The van der Waals surface area contributed by atoms with Crippen molar-refractivity contribution in [2.75, 3.05) is 9.80 Å². The Morgan fingerprint density at radius 3 is 1.28 bits per heavy atom. The fourth-order valence-electron chi connectivity index (χ4n) is 7.91. The molecule has 1 fully saturated rings. The van der Waals surface area contributed by atoms with Gasteiger partial charge in [-0.15, -0.1) is 0 Å². The molecule has 60 heavy (non-hydrogen) atoms. The maximum atomic E-state index is 2.35. The molecule has 2 atom stereocenters. The van der Waals surface area contributed by atoms with Crippen molar-refractivity contribution in [2.24, 2.45) is 0 Å². The van der Waals surface area contributed by atoms with Crippen molar-refractivity contribution in [1.82, 2.24) is 0 Å². The average Bonchev–Trinajstić information content (AvgIpc) is 4.09. The molecule has 1 saturated carbocycles. The molecule has 2 heteroatoms. The molecule has 0 spiro atoms. The number of aryl methyl sites for hydroxylation is 3. The summed E-state index contributed by atoms with van der Waals surface area (Å²) >= 11 is 0. The number of hydrogen-bond donors (Lipinski definition) is 0. The van der Waals surface area contributed by atoms with Gasteiger partial charge in [0, 0.05) is 34.6 Å². The standard InChI is InChI=1S/C58H54N2/c1-6-8-42(2)9-7-40-59(52-30-10-43(3)11-31-52)53-36-20-47(21-37-53)17-16-46-18-22-48(23-19-46)49-24-26-50(27-25-49)57-41-58(57)51-28-38-56(39-29-51)60(54-32-12-44(4)13-33-54)55-34-14-45(5)15-35-55/h6-40,57-58H,41H2,1-5H3/b8-6-,17-16+,40-7+,42-9-. The van der Waals surface area contributed by atoms with E-state index >= 15 is 0 Å². The monoisotopic (exact) mass is 778 g/mol. The highest BCUT2D eigenvalue weighted by molar-refractivity contribution is 5.77. The van der Waals surface area contributed by atoms with Crippen LogP contribution in [0.4, 0.5) is 28.4 Å². The fourth-order valence-corrected chi connectivity index (χ4v) is 7.91. The van der Waals surface area contributed by atoms with Crippen LogP contribution in [0.2, 0.25) is 0 Å². The maximum Gasteiger partial charge on any atom is 0.0461 e. The van der Waals surface area contributed by atoms with E-state index in [1.54, 1.807) is 0 Å². The minimum absolute atomic E-state index is 0.559. The van der Waals surface area contributed by atoms with Crippen LogP contribution >= 0.6 is 0 Å². The Kier molecular flexibility index (Phi) is 12.2. The van der Waals surface area contributed by atoms with Gasteiger partial charge in [0.15, 0.2) is 0 Å². The fraction of sp³-hybridized carbons (Fsp3) is 0.138. The predicted molar refractivity (Wildman–Crippen MR) is 259 cm³/mol. The Balaban J connectivity index is 0.895. The molecular formula is C58H54N2. The lowest BCUT2D eigenvalue weighted by Crippen LogP contribution is -2.10. The van der Waals surface area contributed by atoms with Crippen LogP contribution in [0.3, 0.4) is 0 Å². The van der Waals surface area contributed by atoms with Gasteiger partial charge in [-0.25, -0.2) is 0 Å². The van der Waals surface area contributed by atoms with Crippen molar-refractivity contribution in [1.29, 1.82) is 0 Å². The van der Waals surface area contributed by atoms with E-state index in [2.05, 4.69) is 250 Å². The van der Waals surface area contributed by atoms with Crippen molar-refractivity contribution in [3.8, 4) is 11.1 Å². The van der Waals surface area contributed by atoms with Crippen LogP contribution < -0.4 is 9.80 Å². The molecule has 8 rings (SSSR count). The molecule has 0 aliphatic heterocycles. The van der Waals surface area contributed by atoms with E-state index in [0.29, 0.717) is 11.8 Å². The lowest BCUT2D eigenvalue weighted by atomic mass is 9.99. The van der Waals surface area contributed by atoms with Gasteiger partial charge in [0.05, 0.1) is 0 Å². The molecular weight excluding hydrogens is 725 g/mol. The molecule has 0 bridgehead atoms. The zero-order valence-electron chi connectivity index (χ0n) is 35.5. The van der Waals surface area contributed by atoms with Gasteiger partial charge in [-0.2, -0.15) is 0 Å². The molecule has 0 heterocycles. The summed E-state index contributed by atoms with van der Waals surface area (Å²) in [6, 6.07) is 62.4. The van der Waals surface area contributed by atoms with Gasteiger partial charge in [0.1, 0.15) is 0 Å². The first-order valence-corrected chi connectivity index (χ1v) is 21.2. The zero-order chi connectivity index (χ0) is 41.4. The van der Waals surface area contributed by atoms with E-state index in [0.717, 1.165) is 16.9 Å². The molecule has 0 N–H and O–H groups in total. The first-order valence-electron chi connectivity index (χ1n) is 21.2. The quantitative estimate of drug-likeness (QED) is 0.0850. The highest BCUT2D eigenvalue weighted by Crippen LogP contribution is 2.55. The SMILES string of the molecule is C\C=C/C(C)=C\C=C\N(c1ccc(C)cc1)c1ccc(/C=C/c2ccc(-c3ccc(C4CC4c4ccc(N(c5ccc(C)cc5)c5ccc(C)cc5)cc4)cc3)cc2)cc1. The molecule has 1 aliphatic carbocycles. The third kappa shape index (κ3) is 9.68. The number of anilines is 5. The first-order chi connectivity index (χ1) is 29.3. The summed E-state index contributed by atoms with van der Waals surface area (Å²) in [5.74, 6) is 1.12. The van der Waals surface area contributed by atoms with Crippen molar-refractivity contribution >= 4 is 40.6 Å². The number of hydrogen-bond acceptors (Lipinski definition) is 2. The van der Waals surface area contributed by atoms with Crippen LogP contribution in [0.15, 0.2) is 206 Å². The molecule has 0 aromatic heterocycles. The second kappa shape index (κ2) is 18.4. The van der Waals surface area contributed by atoms with Crippen LogP contribution in [-0.2, 0) is 0 Å². The van der Waals surface area contributed by atoms with Crippen molar-refractivity contribution in [2.45, 2.75) is 52.9 Å². The van der Waals surface area contributed by atoms with E-state index in [-0.39, 0.29) is 0 Å². The number of benzene rings is 7. The summed E-state index contributed by atoms with van der Waals surface area (Å²) in [5.41, 5.74) is 18.4. The van der Waals surface area contributed by atoms with E-state index in [1.807, 2.05) is 6.92 Å². The normalized spacial score (nSPS) is 15.2. The molecule has 2 unspecified atom stereocenters. The van der Waals surface area contributed by atoms with Gasteiger partial charge in [-0.05, 0) is 153 Å². The molecule has 296 valence electrons. The van der Waals surface area contributed by atoms with Gasteiger partial charge < -0.3 is 9.80 Å². The van der Waals surface area contributed by atoms with Crippen molar-refractivity contribution in [3.05, 3.63) is 245 Å². The van der Waals surface area contributed by atoms with Crippen LogP contribution in [0.1, 0.15) is 71.0 Å². The molecule has 7 aromatic rings. The topological polar surface area (TPSA) is 6.48 Å². The van der Waals surface area contributed by atoms with Crippen molar-refractivity contribution < 1.29 is 0 Å².